The standard InChI is InChI=1S/C16H17N3O2/c1-19-6-5-14(10-19)21-16-4-2-3-15(18-16)13-7-12(11-20)8-17-9-13/h2-4,7-9,11,14H,5-6,10H2,1H3/t14-/m0/s1. The first kappa shape index (κ1) is 13.7. The number of likely N-dealkylation sites (tertiary alicyclic amines) is 1. The van der Waals surface area contributed by atoms with Crippen LogP contribution < -0.4 is 4.74 Å². The number of aromatic nitrogens is 2. The number of likely N-dealkylation sites (N-methyl/N-ethyl adjacent to an activating group) is 1. The number of carbonyl (C=O) groups is 1. The largest absolute Gasteiger partial charge is 0.473 e. The van der Waals surface area contributed by atoms with Gasteiger partial charge in [0.2, 0.25) is 5.88 Å². The Balaban J connectivity index is 1.80. The minimum atomic E-state index is 0.192. The van der Waals surface area contributed by atoms with Crippen LogP contribution in [0.25, 0.3) is 11.3 Å². The zero-order chi connectivity index (χ0) is 14.7. The van der Waals surface area contributed by atoms with Gasteiger partial charge in [0.1, 0.15) is 6.10 Å². The number of nitrogens with zero attached hydrogens (tertiary/aromatic N) is 3. The Bertz CT molecular complexity index is 645. The molecule has 0 N–H and O–H groups in total. The maximum Gasteiger partial charge on any atom is 0.214 e. The lowest BCUT2D eigenvalue weighted by molar-refractivity contribution is 0.112. The van der Waals surface area contributed by atoms with Crippen molar-refractivity contribution >= 4 is 6.29 Å². The quantitative estimate of drug-likeness (QED) is 0.804. The Morgan fingerprint density at radius 2 is 2.29 bits per heavy atom. The molecule has 2 aromatic rings. The van der Waals surface area contributed by atoms with Crippen molar-refractivity contribution in [2.45, 2.75) is 12.5 Å². The van der Waals surface area contributed by atoms with Gasteiger partial charge in [-0.25, -0.2) is 4.98 Å². The lowest BCUT2D eigenvalue weighted by Gasteiger charge is -2.13. The van der Waals surface area contributed by atoms with E-state index in [2.05, 4.69) is 21.9 Å². The monoisotopic (exact) mass is 283 g/mol. The number of hydrogen-bond acceptors (Lipinski definition) is 5. The molecule has 5 nitrogen and oxygen atoms in total. The lowest BCUT2D eigenvalue weighted by Crippen LogP contribution is -2.21. The molecule has 5 heteroatoms. The van der Waals surface area contributed by atoms with Crippen LogP contribution in [0, 0.1) is 0 Å². The highest BCUT2D eigenvalue weighted by Crippen LogP contribution is 2.21. The third-order valence-electron chi connectivity index (χ3n) is 3.55. The van der Waals surface area contributed by atoms with Crippen molar-refractivity contribution in [2.24, 2.45) is 0 Å². The second-order valence-electron chi connectivity index (χ2n) is 5.28. The summed E-state index contributed by atoms with van der Waals surface area (Å²) in [7, 11) is 2.09. The molecule has 1 aliphatic heterocycles. The predicted molar refractivity (Wildman–Crippen MR) is 79.4 cm³/mol. The highest BCUT2D eigenvalue weighted by molar-refractivity contribution is 5.77. The summed E-state index contributed by atoms with van der Waals surface area (Å²) in [5.41, 5.74) is 2.11. The molecule has 2 aromatic heterocycles. The first-order valence-corrected chi connectivity index (χ1v) is 6.97. The van der Waals surface area contributed by atoms with Crippen LogP contribution in [0.15, 0.2) is 36.7 Å². The highest BCUT2D eigenvalue weighted by atomic mass is 16.5. The molecule has 0 amide bonds. The van der Waals surface area contributed by atoms with Crippen LogP contribution in [0.1, 0.15) is 16.8 Å². The number of aldehydes is 1. The predicted octanol–water partition coefficient (Wildman–Crippen LogP) is 2.04. The Labute approximate surface area is 123 Å². The van der Waals surface area contributed by atoms with Gasteiger partial charge < -0.3 is 9.64 Å². The van der Waals surface area contributed by atoms with Crippen molar-refractivity contribution in [2.75, 3.05) is 20.1 Å². The van der Waals surface area contributed by atoms with Gasteiger partial charge in [0.15, 0.2) is 6.29 Å². The smallest absolute Gasteiger partial charge is 0.214 e. The molecule has 0 aliphatic carbocycles. The first-order chi connectivity index (χ1) is 10.2. The Morgan fingerprint density at radius 3 is 3.05 bits per heavy atom. The van der Waals surface area contributed by atoms with E-state index in [0.717, 1.165) is 37.1 Å². The summed E-state index contributed by atoms with van der Waals surface area (Å²) < 4.78 is 5.92. The van der Waals surface area contributed by atoms with Crippen molar-refractivity contribution < 1.29 is 9.53 Å². The number of carbonyl (C=O) groups excluding carboxylic acids is 1. The third kappa shape index (κ3) is 3.25. The van der Waals surface area contributed by atoms with Crippen LogP contribution in [0.2, 0.25) is 0 Å². The maximum absolute atomic E-state index is 10.8. The van der Waals surface area contributed by atoms with E-state index >= 15 is 0 Å². The number of ether oxygens (including phenoxy) is 1. The van der Waals surface area contributed by atoms with Gasteiger partial charge in [0.25, 0.3) is 0 Å². The summed E-state index contributed by atoms with van der Waals surface area (Å²) in [6.45, 7) is 1.98. The Morgan fingerprint density at radius 1 is 1.38 bits per heavy atom. The maximum atomic E-state index is 10.8. The summed E-state index contributed by atoms with van der Waals surface area (Å²) in [4.78, 5) is 21.6. The molecular weight excluding hydrogens is 266 g/mol. The second kappa shape index (κ2) is 6.01. The van der Waals surface area contributed by atoms with Crippen LogP contribution in [-0.4, -0.2) is 47.4 Å². The zero-order valence-electron chi connectivity index (χ0n) is 11.9. The van der Waals surface area contributed by atoms with Crippen molar-refractivity contribution in [1.82, 2.24) is 14.9 Å². The van der Waals surface area contributed by atoms with Crippen molar-refractivity contribution in [3.05, 3.63) is 42.2 Å². The molecule has 1 aliphatic rings. The molecule has 3 heterocycles. The highest BCUT2D eigenvalue weighted by Gasteiger charge is 2.21. The summed E-state index contributed by atoms with van der Waals surface area (Å²) in [5.74, 6) is 0.615. The van der Waals surface area contributed by atoms with E-state index in [9.17, 15) is 4.79 Å². The molecule has 0 saturated carbocycles. The van der Waals surface area contributed by atoms with Gasteiger partial charge in [-0.3, -0.25) is 9.78 Å². The van der Waals surface area contributed by atoms with Gasteiger partial charge in [-0.05, 0) is 25.6 Å². The van der Waals surface area contributed by atoms with E-state index in [-0.39, 0.29) is 6.10 Å². The van der Waals surface area contributed by atoms with Gasteiger partial charge >= 0.3 is 0 Å². The van der Waals surface area contributed by atoms with Crippen LogP contribution in [0.4, 0.5) is 0 Å². The van der Waals surface area contributed by atoms with Gasteiger partial charge in [0.05, 0.1) is 5.69 Å². The van der Waals surface area contributed by atoms with E-state index in [1.54, 1.807) is 12.3 Å². The molecule has 0 unspecified atom stereocenters. The summed E-state index contributed by atoms with van der Waals surface area (Å²) in [6.07, 6.45) is 5.22. The van der Waals surface area contributed by atoms with Gasteiger partial charge in [-0.2, -0.15) is 0 Å². The molecule has 0 aromatic carbocycles. The fourth-order valence-electron chi connectivity index (χ4n) is 2.47. The number of pyridine rings is 2. The minimum absolute atomic E-state index is 0.192. The van der Waals surface area contributed by atoms with Crippen molar-refractivity contribution in [3.63, 3.8) is 0 Å². The summed E-state index contributed by atoms with van der Waals surface area (Å²) >= 11 is 0. The molecular formula is C16H17N3O2. The van der Waals surface area contributed by atoms with Gasteiger partial charge in [-0.15, -0.1) is 0 Å². The second-order valence-corrected chi connectivity index (χ2v) is 5.28. The third-order valence-corrected chi connectivity index (χ3v) is 3.55. The first-order valence-electron chi connectivity index (χ1n) is 6.97. The number of hydrogen-bond donors (Lipinski definition) is 0. The summed E-state index contributed by atoms with van der Waals surface area (Å²) in [5, 5.41) is 0. The molecule has 1 saturated heterocycles. The van der Waals surface area contributed by atoms with Crippen molar-refractivity contribution in [1.29, 1.82) is 0 Å². The van der Waals surface area contributed by atoms with Crippen LogP contribution in [0.5, 0.6) is 5.88 Å². The Kier molecular flexibility index (Phi) is 3.92. The normalized spacial score (nSPS) is 18.6. The molecule has 21 heavy (non-hydrogen) atoms. The fraction of sp³-hybridized carbons (Fsp3) is 0.312. The minimum Gasteiger partial charge on any atom is -0.473 e. The molecule has 1 fully saturated rings. The molecule has 3 rings (SSSR count). The Hall–Kier alpha value is -2.27. The molecule has 0 bridgehead atoms. The zero-order valence-corrected chi connectivity index (χ0v) is 11.9. The van der Waals surface area contributed by atoms with Crippen LogP contribution >= 0.6 is 0 Å². The van der Waals surface area contributed by atoms with E-state index in [1.165, 1.54) is 6.20 Å². The van der Waals surface area contributed by atoms with E-state index in [0.29, 0.717) is 11.4 Å². The van der Waals surface area contributed by atoms with Crippen LogP contribution in [-0.2, 0) is 0 Å². The topological polar surface area (TPSA) is 55.3 Å². The average molecular weight is 283 g/mol. The van der Waals surface area contributed by atoms with Crippen molar-refractivity contribution in [3.8, 4) is 17.1 Å². The fourth-order valence-corrected chi connectivity index (χ4v) is 2.47. The van der Waals surface area contributed by atoms with Gasteiger partial charge in [-0.1, -0.05) is 6.07 Å². The van der Waals surface area contributed by atoms with Crippen LogP contribution in [0.3, 0.4) is 0 Å². The van der Waals surface area contributed by atoms with E-state index < -0.39 is 0 Å². The molecule has 0 spiro atoms. The van der Waals surface area contributed by atoms with E-state index in [1.807, 2.05) is 18.2 Å². The molecule has 0 radical (unpaired) electrons. The SMILES string of the molecule is CN1CC[C@H](Oc2cccc(-c3cncc(C=O)c3)n2)C1. The lowest BCUT2D eigenvalue weighted by atomic mass is 10.1. The van der Waals surface area contributed by atoms with E-state index in [4.69, 9.17) is 4.74 Å². The number of rotatable bonds is 4. The molecule has 1 atom stereocenters. The van der Waals surface area contributed by atoms with Gasteiger partial charge in [0, 0.05) is 42.7 Å². The average Bonchev–Trinajstić information content (AvgIpc) is 2.93. The molecule has 108 valence electrons. The summed E-state index contributed by atoms with van der Waals surface area (Å²) in [6, 6.07) is 7.43.